The van der Waals surface area contributed by atoms with Crippen molar-refractivity contribution in [2.75, 3.05) is 5.75 Å². The molecule has 0 aliphatic heterocycles. The Morgan fingerprint density at radius 2 is 1.37 bits per heavy atom. The van der Waals surface area contributed by atoms with Gasteiger partial charge in [0.1, 0.15) is 0 Å². The molecule has 0 saturated heterocycles. The Hall–Kier alpha value is 0.910. The molecule has 0 aromatic heterocycles. The van der Waals surface area contributed by atoms with Crippen LogP contribution in [-0.4, -0.2) is 18.7 Å². The van der Waals surface area contributed by atoms with Gasteiger partial charge in [-0.05, 0) is 12.3 Å². The summed E-state index contributed by atoms with van der Waals surface area (Å²) in [5.41, 5.74) is 0. The first-order valence-electron chi connectivity index (χ1n) is 7.43. The van der Waals surface area contributed by atoms with E-state index in [-0.39, 0.29) is 41.2 Å². The second kappa shape index (κ2) is 13.9. The third-order valence-electron chi connectivity index (χ3n) is 3.48. The molecule has 0 aliphatic rings. The van der Waals surface area contributed by atoms with Gasteiger partial charge in [-0.1, -0.05) is 71.6 Å². The molecule has 110 valence electrons. The zero-order chi connectivity index (χ0) is 13.9. The van der Waals surface area contributed by atoms with Gasteiger partial charge in [0.05, 0.1) is 10.1 Å². The monoisotopic (exact) mass is 300 g/mol. The molecule has 0 N–H and O–H groups in total. The number of unbranched alkanes of at least 4 members (excludes halogenated alkanes) is 7. The fraction of sp³-hybridized carbons (Fsp3) is 1.00. The van der Waals surface area contributed by atoms with Gasteiger partial charge in [0.25, 0.3) is 0 Å². The van der Waals surface area contributed by atoms with E-state index in [1.165, 1.54) is 44.9 Å². The summed E-state index contributed by atoms with van der Waals surface area (Å²) in [5.74, 6) is -0.118. The Bertz CT molecular complexity index is 278. The molecular formula is C14H29NaO3S. The zero-order valence-corrected chi connectivity index (χ0v) is 15.8. The van der Waals surface area contributed by atoms with Crippen LogP contribution in [0.5, 0.6) is 0 Å². The van der Waals surface area contributed by atoms with Crippen molar-refractivity contribution in [1.29, 1.82) is 0 Å². The summed E-state index contributed by atoms with van der Waals surface area (Å²) < 4.78 is 32.0. The molecule has 0 aromatic carbocycles. The fourth-order valence-corrected chi connectivity index (χ4v) is 3.24. The molecule has 0 bridgehead atoms. The Balaban J connectivity index is 0. The van der Waals surface area contributed by atoms with E-state index in [9.17, 15) is 13.0 Å². The van der Waals surface area contributed by atoms with Gasteiger partial charge in [-0.3, -0.25) is 0 Å². The second-order valence-electron chi connectivity index (χ2n) is 5.26. The van der Waals surface area contributed by atoms with Crippen LogP contribution < -0.4 is 29.6 Å². The molecule has 5 heteroatoms. The SMILES string of the molecule is CCCCCCCCCCC(CC)CS(=O)(=O)[O-].[Na+]. The van der Waals surface area contributed by atoms with Crippen LogP contribution in [0.25, 0.3) is 0 Å². The fourth-order valence-electron chi connectivity index (χ4n) is 2.26. The van der Waals surface area contributed by atoms with Gasteiger partial charge in [-0.2, -0.15) is 0 Å². The average Bonchev–Trinajstić information content (AvgIpc) is 2.29. The molecule has 0 amide bonds. The van der Waals surface area contributed by atoms with Crippen LogP contribution in [0, 0.1) is 5.92 Å². The molecule has 1 atom stereocenters. The molecule has 0 spiro atoms. The van der Waals surface area contributed by atoms with Gasteiger partial charge in [0.15, 0.2) is 0 Å². The van der Waals surface area contributed by atoms with E-state index in [2.05, 4.69) is 6.92 Å². The van der Waals surface area contributed by atoms with E-state index >= 15 is 0 Å². The maximum atomic E-state index is 10.7. The largest absolute Gasteiger partial charge is 1.00 e. The molecular weight excluding hydrogens is 271 g/mol. The molecule has 0 fully saturated rings. The van der Waals surface area contributed by atoms with E-state index < -0.39 is 10.1 Å². The molecule has 0 heterocycles. The van der Waals surface area contributed by atoms with Crippen molar-refractivity contribution >= 4 is 10.1 Å². The van der Waals surface area contributed by atoms with Gasteiger partial charge in [0.2, 0.25) is 0 Å². The molecule has 0 aromatic rings. The summed E-state index contributed by atoms with van der Waals surface area (Å²) >= 11 is 0. The summed E-state index contributed by atoms with van der Waals surface area (Å²) in [6, 6.07) is 0. The summed E-state index contributed by atoms with van der Waals surface area (Å²) in [7, 11) is -4.04. The minimum absolute atomic E-state index is 0. The first-order chi connectivity index (χ1) is 8.49. The van der Waals surface area contributed by atoms with Gasteiger partial charge in [0, 0.05) is 5.75 Å². The molecule has 0 rings (SSSR count). The van der Waals surface area contributed by atoms with Gasteiger partial charge >= 0.3 is 29.6 Å². The van der Waals surface area contributed by atoms with Crippen LogP contribution in [0.2, 0.25) is 0 Å². The van der Waals surface area contributed by atoms with E-state index in [0.717, 1.165) is 19.3 Å². The van der Waals surface area contributed by atoms with Gasteiger partial charge in [-0.25, -0.2) is 8.42 Å². The van der Waals surface area contributed by atoms with Crippen LogP contribution in [0.3, 0.4) is 0 Å². The molecule has 0 radical (unpaired) electrons. The van der Waals surface area contributed by atoms with Crippen molar-refractivity contribution in [2.24, 2.45) is 5.92 Å². The first kappa shape index (κ1) is 22.2. The van der Waals surface area contributed by atoms with Crippen molar-refractivity contribution in [3.8, 4) is 0 Å². The van der Waals surface area contributed by atoms with Crippen molar-refractivity contribution in [3.63, 3.8) is 0 Å². The first-order valence-corrected chi connectivity index (χ1v) is 9.00. The van der Waals surface area contributed by atoms with E-state index in [1.54, 1.807) is 0 Å². The predicted octanol–water partition coefficient (Wildman–Crippen LogP) is 1.09. The molecule has 3 nitrogen and oxygen atoms in total. The van der Waals surface area contributed by atoms with Crippen LogP contribution in [0.4, 0.5) is 0 Å². The normalized spacial score (nSPS) is 13.0. The maximum absolute atomic E-state index is 10.7. The second-order valence-corrected chi connectivity index (χ2v) is 6.71. The van der Waals surface area contributed by atoms with Gasteiger partial charge in [-0.15, -0.1) is 0 Å². The van der Waals surface area contributed by atoms with Gasteiger partial charge < -0.3 is 4.55 Å². The summed E-state index contributed by atoms with van der Waals surface area (Å²) in [4.78, 5) is 0. The van der Waals surface area contributed by atoms with E-state index in [0.29, 0.717) is 0 Å². The quantitative estimate of drug-likeness (QED) is 0.308. The predicted molar refractivity (Wildman–Crippen MR) is 75.6 cm³/mol. The molecule has 1 unspecified atom stereocenters. The summed E-state index contributed by atoms with van der Waals surface area (Å²) in [6.07, 6.45) is 11.7. The molecule has 19 heavy (non-hydrogen) atoms. The zero-order valence-electron chi connectivity index (χ0n) is 13.0. The van der Waals surface area contributed by atoms with Crippen LogP contribution in [0.1, 0.15) is 78.1 Å². The third-order valence-corrected chi connectivity index (χ3v) is 4.36. The Morgan fingerprint density at radius 1 is 0.895 bits per heavy atom. The maximum Gasteiger partial charge on any atom is 1.00 e. The number of rotatable bonds is 12. The molecule has 0 saturated carbocycles. The van der Waals surface area contributed by atoms with E-state index in [4.69, 9.17) is 0 Å². The number of hydrogen-bond acceptors (Lipinski definition) is 3. The van der Waals surface area contributed by atoms with Crippen LogP contribution >= 0.6 is 0 Å². The van der Waals surface area contributed by atoms with Crippen LogP contribution in [0.15, 0.2) is 0 Å². The van der Waals surface area contributed by atoms with Crippen molar-refractivity contribution in [1.82, 2.24) is 0 Å². The minimum Gasteiger partial charge on any atom is -0.748 e. The van der Waals surface area contributed by atoms with Crippen LogP contribution in [-0.2, 0) is 10.1 Å². The summed E-state index contributed by atoms with van der Waals surface area (Å²) in [6.45, 7) is 4.18. The Labute approximate surface area is 142 Å². The average molecular weight is 300 g/mol. The molecule has 0 aliphatic carbocycles. The van der Waals surface area contributed by atoms with E-state index in [1.807, 2.05) is 6.92 Å². The minimum atomic E-state index is -4.04. The van der Waals surface area contributed by atoms with Crippen molar-refractivity contribution < 1.29 is 42.5 Å². The topological polar surface area (TPSA) is 57.2 Å². The Morgan fingerprint density at radius 3 is 1.79 bits per heavy atom. The standard InChI is InChI=1S/C14H30O3S.Na/c1-3-5-6-7-8-9-10-11-12-14(4-2)13-18(15,16)17;/h14H,3-13H2,1-2H3,(H,15,16,17);/q;+1/p-1. The Kier molecular flexibility index (Phi) is 16.2. The smallest absolute Gasteiger partial charge is 0.748 e. The summed E-state index contributed by atoms with van der Waals surface area (Å²) in [5, 5.41) is 0. The number of hydrogen-bond donors (Lipinski definition) is 0. The third kappa shape index (κ3) is 16.9. The van der Waals surface area contributed by atoms with Crippen molar-refractivity contribution in [3.05, 3.63) is 0 Å². The van der Waals surface area contributed by atoms with Crippen molar-refractivity contribution in [2.45, 2.75) is 78.1 Å².